The van der Waals surface area contributed by atoms with Crippen LogP contribution in [0.15, 0.2) is 17.0 Å². The molecule has 2 aliphatic carbocycles. The molecule has 2 fully saturated rings. The molecule has 2 unspecified atom stereocenters. The van der Waals surface area contributed by atoms with Crippen LogP contribution in [0.5, 0.6) is 0 Å². The van der Waals surface area contributed by atoms with Crippen molar-refractivity contribution in [3.8, 4) is 0 Å². The lowest BCUT2D eigenvalue weighted by Gasteiger charge is -2.24. The van der Waals surface area contributed by atoms with Crippen LogP contribution in [-0.4, -0.2) is 58.1 Å². The van der Waals surface area contributed by atoms with Crippen molar-refractivity contribution in [1.82, 2.24) is 9.62 Å². The minimum absolute atomic E-state index is 0.294. The number of nitrogens with one attached hydrogen (secondary N) is 2. The van der Waals surface area contributed by atoms with Gasteiger partial charge in [-0.3, -0.25) is 0 Å². The molecule has 180 valence electrons. The molecular formula is C25H35N3O4S. The minimum atomic E-state index is -3.64. The number of fused-ring (bicyclic) bond motifs is 2. The molecule has 3 heterocycles. The van der Waals surface area contributed by atoms with Gasteiger partial charge in [-0.2, -0.15) is 4.72 Å². The first-order valence-electron chi connectivity index (χ1n) is 12.7. The van der Waals surface area contributed by atoms with Gasteiger partial charge in [0, 0.05) is 31.9 Å². The van der Waals surface area contributed by atoms with Crippen LogP contribution in [-0.2, 0) is 45.2 Å². The van der Waals surface area contributed by atoms with Crippen LogP contribution >= 0.6 is 0 Å². The fraction of sp³-hybridized carbons (Fsp3) is 0.680. The lowest BCUT2D eigenvalue weighted by molar-refractivity contribution is 0.0747. The van der Waals surface area contributed by atoms with E-state index in [0.29, 0.717) is 24.0 Å². The van der Waals surface area contributed by atoms with Gasteiger partial charge in [0.25, 0.3) is 0 Å². The van der Waals surface area contributed by atoms with Gasteiger partial charge in [0.2, 0.25) is 15.9 Å². The van der Waals surface area contributed by atoms with Gasteiger partial charge in [0.15, 0.2) is 0 Å². The minimum Gasteiger partial charge on any atom is -0.377 e. The third-order valence-electron chi connectivity index (χ3n) is 7.85. The van der Waals surface area contributed by atoms with Gasteiger partial charge in [-0.25, -0.2) is 8.42 Å². The van der Waals surface area contributed by atoms with E-state index in [4.69, 9.17) is 9.47 Å². The van der Waals surface area contributed by atoms with Crippen LogP contribution in [0.3, 0.4) is 0 Å². The molecule has 0 radical (unpaired) electrons. The van der Waals surface area contributed by atoms with Crippen LogP contribution < -0.4 is 10.0 Å². The summed E-state index contributed by atoms with van der Waals surface area (Å²) in [4.78, 5) is 2.82. The van der Waals surface area contributed by atoms with Gasteiger partial charge in [0.1, 0.15) is 6.61 Å². The summed E-state index contributed by atoms with van der Waals surface area (Å²) in [5.41, 5.74) is 6.71. The van der Waals surface area contributed by atoms with E-state index in [0.717, 1.165) is 76.9 Å². The summed E-state index contributed by atoms with van der Waals surface area (Å²) in [6.07, 6.45) is 12.4. The highest BCUT2D eigenvalue weighted by Crippen LogP contribution is 2.41. The Kier molecular flexibility index (Phi) is 5.77. The van der Waals surface area contributed by atoms with Crippen molar-refractivity contribution >= 4 is 15.7 Å². The number of benzene rings is 1. The number of anilines is 1. The molecule has 2 N–H and O–H groups in total. The highest BCUT2D eigenvalue weighted by molar-refractivity contribution is 7.93. The summed E-state index contributed by atoms with van der Waals surface area (Å²) in [5.74, 6) is -1.02. The average Bonchev–Trinajstić information content (AvgIpc) is 3.17. The van der Waals surface area contributed by atoms with Crippen LogP contribution in [0.2, 0.25) is 0 Å². The van der Waals surface area contributed by atoms with E-state index in [1.165, 1.54) is 35.1 Å². The van der Waals surface area contributed by atoms with Crippen LogP contribution in [0.25, 0.3) is 0 Å². The third kappa shape index (κ3) is 4.48. The Labute approximate surface area is 196 Å². The zero-order chi connectivity index (χ0) is 22.5. The monoisotopic (exact) mass is 473 g/mol. The first-order valence-corrected chi connectivity index (χ1v) is 14.2. The molecule has 0 amide bonds. The molecule has 2 saturated heterocycles. The number of sulfonamides is 1. The van der Waals surface area contributed by atoms with E-state index in [2.05, 4.69) is 21.0 Å². The fourth-order valence-corrected chi connectivity index (χ4v) is 7.51. The van der Waals surface area contributed by atoms with E-state index in [9.17, 15) is 8.42 Å². The second-order valence-electron chi connectivity index (χ2n) is 10.2. The van der Waals surface area contributed by atoms with Gasteiger partial charge in [0.05, 0.1) is 11.0 Å². The van der Waals surface area contributed by atoms with Crippen molar-refractivity contribution in [2.24, 2.45) is 0 Å². The zero-order valence-corrected chi connectivity index (χ0v) is 20.1. The smallest absolute Gasteiger partial charge is 0.240 e. The number of ether oxygens (including phenoxy) is 2. The van der Waals surface area contributed by atoms with E-state index in [1.807, 2.05) is 6.08 Å². The van der Waals surface area contributed by atoms with E-state index >= 15 is 0 Å². The first-order chi connectivity index (χ1) is 16.0. The zero-order valence-electron chi connectivity index (χ0n) is 19.3. The van der Waals surface area contributed by atoms with Crippen LogP contribution in [0.1, 0.15) is 60.8 Å². The quantitative estimate of drug-likeness (QED) is 0.468. The molecule has 1 aromatic rings. The summed E-state index contributed by atoms with van der Waals surface area (Å²) >= 11 is 0. The van der Waals surface area contributed by atoms with Gasteiger partial charge in [-0.05, 0) is 86.5 Å². The normalized spacial score (nSPS) is 29.5. The Morgan fingerprint density at radius 1 is 1.03 bits per heavy atom. The summed E-state index contributed by atoms with van der Waals surface area (Å²) in [6, 6.07) is 2.39. The molecule has 0 bridgehead atoms. The van der Waals surface area contributed by atoms with Crippen molar-refractivity contribution in [3.63, 3.8) is 0 Å². The Morgan fingerprint density at radius 3 is 2.45 bits per heavy atom. The standard InChI is InChI=1S/C25H35N3O4S/c29-33(30,21-8-3-12-28(13-11-21)16-20-7-4-14-31-20)27-25(17-32-25)26-24-22-9-1-5-18(22)15-19-6-2-10-23(19)24/h8,15,20,26-27H,1-7,9-14,16-17H2. The Hall–Kier alpha value is -1.45. The number of nitrogens with zero attached hydrogens (tertiary/aromatic N) is 1. The summed E-state index contributed by atoms with van der Waals surface area (Å²) in [5, 5.41) is 3.53. The van der Waals surface area contributed by atoms with Gasteiger partial charge in [-0.1, -0.05) is 12.1 Å². The van der Waals surface area contributed by atoms with Gasteiger partial charge in [-0.15, -0.1) is 0 Å². The van der Waals surface area contributed by atoms with Crippen LogP contribution in [0.4, 0.5) is 5.69 Å². The number of hydrogen-bond acceptors (Lipinski definition) is 6. The molecule has 6 rings (SSSR count). The van der Waals surface area contributed by atoms with Crippen molar-refractivity contribution in [2.45, 2.75) is 76.2 Å². The van der Waals surface area contributed by atoms with Crippen LogP contribution in [0, 0.1) is 0 Å². The molecule has 0 aromatic heterocycles. The largest absolute Gasteiger partial charge is 0.377 e. The molecule has 0 spiro atoms. The molecule has 7 nitrogen and oxygen atoms in total. The number of aryl methyl sites for hydroxylation is 2. The molecule has 0 saturated carbocycles. The molecule has 8 heteroatoms. The fourth-order valence-electron chi connectivity index (χ4n) is 6.07. The second kappa shape index (κ2) is 8.64. The summed E-state index contributed by atoms with van der Waals surface area (Å²) < 4.78 is 41.1. The molecule has 1 aromatic carbocycles. The van der Waals surface area contributed by atoms with Crippen molar-refractivity contribution in [1.29, 1.82) is 0 Å². The highest BCUT2D eigenvalue weighted by Gasteiger charge is 2.50. The van der Waals surface area contributed by atoms with Crippen molar-refractivity contribution in [3.05, 3.63) is 39.3 Å². The number of epoxide rings is 1. The SMILES string of the molecule is O=S(=O)(NC1(Nc2c3c(cc4c2CCC4)CCC3)CO1)C1=CCCN(CC2CCCO2)CC1. The molecule has 3 aliphatic heterocycles. The average molecular weight is 474 g/mol. The topological polar surface area (TPSA) is 83.2 Å². The molecule has 33 heavy (non-hydrogen) atoms. The van der Waals surface area contributed by atoms with Gasteiger partial charge < -0.3 is 19.7 Å². The molecule has 2 atom stereocenters. The maximum absolute atomic E-state index is 13.4. The maximum Gasteiger partial charge on any atom is 0.240 e. The highest BCUT2D eigenvalue weighted by atomic mass is 32.2. The first kappa shape index (κ1) is 22.0. The lowest BCUT2D eigenvalue weighted by Crippen LogP contribution is -2.45. The Balaban J connectivity index is 1.15. The third-order valence-corrected chi connectivity index (χ3v) is 9.51. The molecular weight excluding hydrogens is 438 g/mol. The predicted octanol–water partition coefficient (Wildman–Crippen LogP) is 2.84. The van der Waals surface area contributed by atoms with E-state index < -0.39 is 15.9 Å². The predicted molar refractivity (Wildman–Crippen MR) is 128 cm³/mol. The van der Waals surface area contributed by atoms with Crippen molar-refractivity contribution < 1.29 is 17.9 Å². The Bertz CT molecular complexity index is 1030. The number of rotatable bonds is 7. The lowest BCUT2D eigenvalue weighted by atomic mass is 9.98. The Morgan fingerprint density at radius 2 is 1.79 bits per heavy atom. The summed E-state index contributed by atoms with van der Waals surface area (Å²) in [7, 11) is -3.64. The van der Waals surface area contributed by atoms with Gasteiger partial charge >= 0.3 is 0 Å². The second-order valence-corrected chi connectivity index (χ2v) is 12.0. The number of hydrogen-bond donors (Lipinski definition) is 2. The van der Waals surface area contributed by atoms with Crippen molar-refractivity contribution in [2.75, 3.05) is 38.2 Å². The molecule has 5 aliphatic rings. The summed E-state index contributed by atoms with van der Waals surface area (Å²) in [6.45, 7) is 3.72. The van der Waals surface area contributed by atoms with E-state index in [1.54, 1.807) is 0 Å². The maximum atomic E-state index is 13.4. The van der Waals surface area contributed by atoms with E-state index in [-0.39, 0.29) is 0 Å².